The first kappa shape index (κ1) is 22.3. The van der Waals surface area contributed by atoms with Crippen molar-refractivity contribution < 1.29 is 9.59 Å². The van der Waals surface area contributed by atoms with Crippen LogP contribution in [0, 0.1) is 11.8 Å². The summed E-state index contributed by atoms with van der Waals surface area (Å²) in [5.41, 5.74) is 9.45. The number of ketones is 1. The lowest BCUT2D eigenvalue weighted by Crippen LogP contribution is -2.27. The Labute approximate surface area is 202 Å². The van der Waals surface area contributed by atoms with Gasteiger partial charge in [-0.05, 0) is 36.6 Å². The maximum absolute atomic E-state index is 12.8. The number of carbonyl (C=O) groups excluding carboxylic acids is 2. The van der Waals surface area contributed by atoms with Gasteiger partial charge in [-0.2, -0.15) is 10.2 Å². The summed E-state index contributed by atoms with van der Waals surface area (Å²) in [6.07, 6.45) is 5.79. The molecule has 0 aliphatic carbocycles. The van der Waals surface area contributed by atoms with Crippen LogP contribution in [0.25, 0.3) is 21.8 Å². The molecule has 9 nitrogen and oxygen atoms in total. The van der Waals surface area contributed by atoms with E-state index in [4.69, 9.17) is 10.8 Å². The number of fused-ring (bicyclic) bond motifs is 2. The van der Waals surface area contributed by atoms with E-state index in [1.165, 1.54) is 12.3 Å². The molecule has 0 unspecified atom stereocenters. The van der Waals surface area contributed by atoms with Gasteiger partial charge in [0.15, 0.2) is 5.78 Å². The summed E-state index contributed by atoms with van der Waals surface area (Å²) >= 11 is 0. The standard InChI is InChI=1S/C26H25N7O2/c1-4-22(34)19-13-28-26(27)24-20(9-7-16-6-8-17-14-31(3)29-21(17)12-16)30-33(25(19)24)18-10-11-32(15-18)23(35)5-2/h5-6,8,12-14,18H,2,4,10-11,15H2,1,3H3,(H2,27,28)/t18-/m0/s1. The molecule has 1 saturated heterocycles. The third-order valence-electron chi connectivity index (χ3n) is 6.32. The molecule has 176 valence electrons. The number of nitrogen functional groups attached to an aromatic ring is 1. The molecule has 0 radical (unpaired) electrons. The van der Waals surface area contributed by atoms with E-state index < -0.39 is 0 Å². The summed E-state index contributed by atoms with van der Waals surface area (Å²) in [6.45, 7) is 6.44. The number of amides is 1. The van der Waals surface area contributed by atoms with Crippen molar-refractivity contribution in [1.29, 1.82) is 0 Å². The third-order valence-corrected chi connectivity index (χ3v) is 6.32. The van der Waals surface area contributed by atoms with E-state index in [0.29, 0.717) is 48.1 Å². The summed E-state index contributed by atoms with van der Waals surface area (Å²) in [6, 6.07) is 5.71. The minimum absolute atomic E-state index is 0.0548. The number of aromatic nitrogens is 5. The first-order valence-corrected chi connectivity index (χ1v) is 11.5. The fraction of sp³-hybridized carbons (Fsp3) is 0.269. The zero-order valence-corrected chi connectivity index (χ0v) is 19.7. The second-order valence-electron chi connectivity index (χ2n) is 8.61. The second-order valence-corrected chi connectivity index (χ2v) is 8.61. The van der Waals surface area contributed by atoms with Gasteiger partial charge in [-0.15, -0.1) is 0 Å². The highest BCUT2D eigenvalue weighted by molar-refractivity contribution is 6.10. The maximum Gasteiger partial charge on any atom is 0.246 e. The van der Waals surface area contributed by atoms with Crippen molar-refractivity contribution in [1.82, 2.24) is 29.4 Å². The number of nitrogens with two attached hydrogens (primary N) is 1. The van der Waals surface area contributed by atoms with Gasteiger partial charge >= 0.3 is 0 Å². The topological polar surface area (TPSA) is 112 Å². The molecule has 4 heterocycles. The van der Waals surface area contributed by atoms with Crippen LogP contribution in [0.5, 0.6) is 0 Å². The number of carbonyl (C=O) groups is 2. The number of aryl methyl sites for hydroxylation is 1. The summed E-state index contributed by atoms with van der Waals surface area (Å²) in [7, 11) is 1.88. The monoisotopic (exact) mass is 467 g/mol. The lowest BCUT2D eigenvalue weighted by molar-refractivity contribution is -0.125. The fourth-order valence-electron chi connectivity index (χ4n) is 4.56. The number of hydrogen-bond acceptors (Lipinski definition) is 6. The van der Waals surface area contributed by atoms with Crippen molar-refractivity contribution in [3.63, 3.8) is 0 Å². The van der Waals surface area contributed by atoms with E-state index in [-0.39, 0.29) is 23.6 Å². The quantitative estimate of drug-likeness (QED) is 0.281. The Morgan fingerprint density at radius 2 is 2.11 bits per heavy atom. The predicted molar refractivity (Wildman–Crippen MR) is 134 cm³/mol. The summed E-state index contributed by atoms with van der Waals surface area (Å²) < 4.78 is 3.57. The zero-order chi connectivity index (χ0) is 24.7. The molecule has 3 aromatic heterocycles. The molecule has 35 heavy (non-hydrogen) atoms. The molecule has 1 aromatic carbocycles. The van der Waals surface area contributed by atoms with Gasteiger partial charge in [-0.1, -0.05) is 19.4 Å². The van der Waals surface area contributed by atoms with Crippen molar-refractivity contribution in [2.75, 3.05) is 18.8 Å². The molecule has 0 saturated carbocycles. The molecule has 1 amide bonds. The Kier molecular flexibility index (Phi) is 5.57. The van der Waals surface area contributed by atoms with Crippen LogP contribution >= 0.6 is 0 Å². The van der Waals surface area contributed by atoms with Crippen LogP contribution in [0.1, 0.15) is 47.4 Å². The first-order chi connectivity index (χ1) is 16.9. The molecule has 5 rings (SSSR count). The van der Waals surface area contributed by atoms with Crippen molar-refractivity contribution in [3.8, 4) is 11.8 Å². The molecule has 9 heteroatoms. The van der Waals surface area contributed by atoms with Crippen LogP contribution in [0.2, 0.25) is 0 Å². The normalized spacial score (nSPS) is 15.4. The van der Waals surface area contributed by atoms with Crippen LogP contribution in [0.4, 0.5) is 5.82 Å². The number of nitrogens with zero attached hydrogens (tertiary/aromatic N) is 6. The predicted octanol–water partition coefficient (Wildman–Crippen LogP) is 2.85. The Bertz CT molecular complexity index is 1570. The molecule has 0 spiro atoms. The Morgan fingerprint density at radius 3 is 2.89 bits per heavy atom. The van der Waals surface area contributed by atoms with E-state index in [1.54, 1.807) is 21.2 Å². The molecule has 4 aromatic rings. The number of rotatable bonds is 4. The summed E-state index contributed by atoms with van der Waals surface area (Å²) in [5.74, 6) is 6.39. The van der Waals surface area contributed by atoms with Crippen molar-refractivity contribution >= 4 is 39.3 Å². The van der Waals surface area contributed by atoms with E-state index in [2.05, 4.69) is 28.5 Å². The number of likely N-dealkylation sites (tertiary alicyclic amines) is 1. The molecule has 1 aliphatic rings. The maximum atomic E-state index is 12.8. The average Bonchev–Trinajstić information content (AvgIpc) is 3.58. The molecule has 0 bridgehead atoms. The number of hydrogen-bond donors (Lipinski definition) is 1. The van der Waals surface area contributed by atoms with Crippen LogP contribution < -0.4 is 5.73 Å². The van der Waals surface area contributed by atoms with Gasteiger partial charge < -0.3 is 10.6 Å². The van der Waals surface area contributed by atoms with Gasteiger partial charge in [0.25, 0.3) is 0 Å². The van der Waals surface area contributed by atoms with Crippen molar-refractivity contribution in [3.05, 3.63) is 60.1 Å². The van der Waals surface area contributed by atoms with Gasteiger partial charge in [0, 0.05) is 49.9 Å². The summed E-state index contributed by atoms with van der Waals surface area (Å²) in [4.78, 5) is 31.0. The average molecular weight is 468 g/mol. The van der Waals surface area contributed by atoms with Crippen LogP contribution in [0.15, 0.2) is 43.2 Å². The van der Waals surface area contributed by atoms with Gasteiger partial charge in [0.1, 0.15) is 11.5 Å². The van der Waals surface area contributed by atoms with Crippen molar-refractivity contribution in [2.24, 2.45) is 7.05 Å². The third kappa shape index (κ3) is 3.93. The number of benzene rings is 1. The molecule has 1 aliphatic heterocycles. The fourth-order valence-corrected chi connectivity index (χ4v) is 4.56. The Hall–Kier alpha value is -4.45. The van der Waals surface area contributed by atoms with Gasteiger partial charge in [0.2, 0.25) is 5.91 Å². The lowest BCUT2D eigenvalue weighted by atomic mass is 10.1. The largest absolute Gasteiger partial charge is 0.383 e. The van der Waals surface area contributed by atoms with Gasteiger partial charge in [-0.25, -0.2) is 4.98 Å². The highest BCUT2D eigenvalue weighted by atomic mass is 16.2. The first-order valence-electron chi connectivity index (χ1n) is 11.5. The number of Topliss-reactive ketones (excluding diaryl/α,β-unsaturated/α-hetero) is 1. The molecular formula is C26H25N7O2. The highest BCUT2D eigenvalue weighted by Crippen LogP contribution is 2.32. The van der Waals surface area contributed by atoms with Crippen LogP contribution in [-0.2, 0) is 11.8 Å². The number of anilines is 1. The van der Waals surface area contributed by atoms with Gasteiger partial charge in [-0.3, -0.25) is 19.0 Å². The minimum Gasteiger partial charge on any atom is -0.383 e. The van der Waals surface area contributed by atoms with E-state index in [1.807, 2.05) is 31.4 Å². The minimum atomic E-state index is -0.125. The Morgan fingerprint density at radius 1 is 1.29 bits per heavy atom. The van der Waals surface area contributed by atoms with E-state index in [9.17, 15) is 9.59 Å². The lowest BCUT2D eigenvalue weighted by Gasteiger charge is -2.16. The van der Waals surface area contributed by atoms with E-state index >= 15 is 0 Å². The smallest absolute Gasteiger partial charge is 0.246 e. The zero-order valence-electron chi connectivity index (χ0n) is 19.7. The van der Waals surface area contributed by atoms with Gasteiger partial charge in [0.05, 0.1) is 28.0 Å². The highest BCUT2D eigenvalue weighted by Gasteiger charge is 2.30. The summed E-state index contributed by atoms with van der Waals surface area (Å²) in [5, 5.41) is 10.8. The SMILES string of the molecule is C=CC(=O)N1CC[C@H](n2nc(C#Cc3ccc4cn(C)nc4c3)c3c(N)ncc(C(=O)CC)c32)C1. The second kappa shape index (κ2) is 8.72. The van der Waals surface area contributed by atoms with Crippen LogP contribution in [0.3, 0.4) is 0 Å². The molecule has 1 atom stereocenters. The molecule has 1 fully saturated rings. The van der Waals surface area contributed by atoms with E-state index in [0.717, 1.165) is 16.5 Å². The molecular weight excluding hydrogens is 442 g/mol. The van der Waals surface area contributed by atoms with Crippen molar-refractivity contribution in [2.45, 2.75) is 25.8 Å². The Balaban J connectivity index is 1.64. The molecule has 2 N–H and O–H groups in total. The number of pyridine rings is 1. The van der Waals surface area contributed by atoms with Crippen LogP contribution in [-0.4, -0.2) is 54.2 Å².